The Morgan fingerprint density at radius 1 is 1.07 bits per heavy atom. The van der Waals surface area contributed by atoms with Crippen LogP contribution in [0.3, 0.4) is 0 Å². The molecule has 1 N–H and O–H groups in total. The van der Waals surface area contributed by atoms with E-state index in [4.69, 9.17) is 4.74 Å². The van der Waals surface area contributed by atoms with Crippen LogP contribution in [0.5, 0.6) is 5.75 Å². The summed E-state index contributed by atoms with van der Waals surface area (Å²) in [6.45, 7) is 7.58. The van der Waals surface area contributed by atoms with Crippen molar-refractivity contribution in [1.29, 1.82) is 0 Å². The zero-order valence-corrected chi connectivity index (χ0v) is 17.8. The lowest BCUT2D eigenvalue weighted by Gasteiger charge is -2.25. The highest BCUT2D eigenvalue weighted by Gasteiger charge is 2.26. The molecule has 0 heterocycles. The van der Waals surface area contributed by atoms with Crippen molar-refractivity contribution in [1.82, 2.24) is 5.32 Å². The maximum atomic E-state index is 13.3. The number of sulfonamides is 1. The maximum Gasteiger partial charge on any atom is 0.264 e. The Hall–Kier alpha value is -2.54. The van der Waals surface area contributed by atoms with Crippen LogP contribution in [0.2, 0.25) is 0 Å². The van der Waals surface area contributed by atoms with Crippen LogP contribution < -0.4 is 14.4 Å². The highest BCUT2D eigenvalue weighted by molar-refractivity contribution is 7.92. The fourth-order valence-corrected chi connectivity index (χ4v) is 4.29. The highest BCUT2D eigenvalue weighted by atomic mass is 32.2. The number of hydrogen-bond acceptors (Lipinski definition) is 4. The summed E-state index contributed by atoms with van der Waals surface area (Å²) in [6.07, 6.45) is 0.0638. The van der Waals surface area contributed by atoms with E-state index in [1.165, 1.54) is 4.31 Å². The Morgan fingerprint density at radius 2 is 1.71 bits per heavy atom. The molecule has 28 heavy (non-hydrogen) atoms. The topological polar surface area (TPSA) is 75.7 Å². The SMILES string of the molecule is COc1ccc(N(CCC(=O)NC(C)C)S(=O)(=O)c2ccc(C)c(C)c2)cc1. The van der Waals surface area contributed by atoms with Crippen LogP contribution in [0.15, 0.2) is 47.4 Å². The van der Waals surface area contributed by atoms with Gasteiger partial charge in [-0.15, -0.1) is 0 Å². The normalized spacial score (nSPS) is 11.4. The molecule has 0 bridgehead atoms. The molecule has 0 fully saturated rings. The van der Waals surface area contributed by atoms with E-state index >= 15 is 0 Å². The molecule has 0 aromatic heterocycles. The van der Waals surface area contributed by atoms with E-state index in [9.17, 15) is 13.2 Å². The van der Waals surface area contributed by atoms with Gasteiger partial charge >= 0.3 is 0 Å². The first-order valence-electron chi connectivity index (χ1n) is 9.18. The summed E-state index contributed by atoms with van der Waals surface area (Å²) in [5.41, 5.74) is 2.40. The van der Waals surface area contributed by atoms with E-state index in [0.29, 0.717) is 11.4 Å². The van der Waals surface area contributed by atoms with Crippen LogP contribution in [-0.2, 0) is 14.8 Å². The summed E-state index contributed by atoms with van der Waals surface area (Å²) in [6, 6.07) is 11.8. The van der Waals surface area contributed by atoms with E-state index in [2.05, 4.69) is 5.32 Å². The van der Waals surface area contributed by atoms with E-state index in [-0.39, 0.29) is 29.8 Å². The van der Waals surface area contributed by atoms with Crippen molar-refractivity contribution in [2.24, 2.45) is 0 Å². The van der Waals surface area contributed by atoms with Gasteiger partial charge in [0.2, 0.25) is 5.91 Å². The van der Waals surface area contributed by atoms with Crippen molar-refractivity contribution in [2.45, 2.75) is 45.1 Å². The number of nitrogens with zero attached hydrogens (tertiary/aromatic N) is 1. The van der Waals surface area contributed by atoms with Gasteiger partial charge in [-0.3, -0.25) is 9.10 Å². The summed E-state index contributed by atoms with van der Waals surface area (Å²) in [5.74, 6) is 0.439. The molecular formula is C21H28N2O4S. The van der Waals surface area contributed by atoms with Gasteiger partial charge in [-0.1, -0.05) is 6.07 Å². The second-order valence-corrected chi connectivity index (χ2v) is 8.86. The number of hydrogen-bond donors (Lipinski definition) is 1. The third kappa shape index (κ3) is 5.25. The molecule has 2 aromatic rings. The van der Waals surface area contributed by atoms with E-state index in [0.717, 1.165) is 11.1 Å². The number of ether oxygens (including phenoxy) is 1. The number of aryl methyl sites for hydroxylation is 2. The molecule has 0 aliphatic rings. The monoisotopic (exact) mass is 404 g/mol. The first kappa shape index (κ1) is 21.8. The largest absolute Gasteiger partial charge is 0.497 e. The lowest BCUT2D eigenvalue weighted by molar-refractivity contribution is -0.121. The minimum atomic E-state index is -3.82. The number of carbonyl (C=O) groups is 1. The summed E-state index contributed by atoms with van der Waals surface area (Å²) < 4.78 is 33.1. The van der Waals surface area contributed by atoms with Crippen molar-refractivity contribution in [3.05, 3.63) is 53.6 Å². The van der Waals surface area contributed by atoms with Crippen LogP contribution in [0, 0.1) is 13.8 Å². The number of methoxy groups -OCH3 is 1. The fraction of sp³-hybridized carbons (Fsp3) is 0.381. The molecule has 0 aliphatic carbocycles. The predicted octanol–water partition coefficient (Wildman–Crippen LogP) is 3.42. The van der Waals surface area contributed by atoms with Crippen LogP contribution in [0.4, 0.5) is 5.69 Å². The number of amides is 1. The van der Waals surface area contributed by atoms with Crippen molar-refractivity contribution >= 4 is 21.6 Å². The molecule has 0 spiro atoms. The molecule has 2 rings (SSSR count). The third-order valence-corrected chi connectivity index (χ3v) is 6.24. The van der Waals surface area contributed by atoms with Gasteiger partial charge in [0, 0.05) is 19.0 Å². The Labute approximate surface area is 167 Å². The second-order valence-electron chi connectivity index (χ2n) is 6.99. The molecule has 152 valence electrons. The zero-order valence-electron chi connectivity index (χ0n) is 17.0. The Morgan fingerprint density at radius 3 is 2.25 bits per heavy atom. The van der Waals surface area contributed by atoms with E-state index in [1.54, 1.807) is 49.6 Å². The second kappa shape index (κ2) is 9.10. The number of benzene rings is 2. The van der Waals surface area contributed by atoms with Crippen molar-refractivity contribution in [3.8, 4) is 5.75 Å². The predicted molar refractivity (Wildman–Crippen MR) is 111 cm³/mol. The van der Waals surface area contributed by atoms with Gasteiger partial charge in [0.1, 0.15) is 5.75 Å². The van der Waals surface area contributed by atoms with E-state index < -0.39 is 10.0 Å². The maximum absolute atomic E-state index is 13.3. The van der Waals surface area contributed by atoms with Gasteiger partial charge in [0.25, 0.3) is 10.0 Å². The smallest absolute Gasteiger partial charge is 0.264 e. The number of carbonyl (C=O) groups excluding carboxylic acids is 1. The molecule has 0 aliphatic heterocycles. The Bertz CT molecular complexity index is 922. The number of nitrogens with one attached hydrogen (secondary N) is 1. The lowest BCUT2D eigenvalue weighted by atomic mass is 10.1. The molecule has 6 nitrogen and oxygen atoms in total. The average molecular weight is 405 g/mol. The molecule has 2 aromatic carbocycles. The molecule has 0 saturated carbocycles. The van der Waals surface area contributed by atoms with Gasteiger partial charge < -0.3 is 10.1 Å². The molecule has 7 heteroatoms. The van der Waals surface area contributed by atoms with Crippen LogP contribution in [-0.4, -0.2) is 34.0 Å². The van der Waals surface area contributed by atoms with Gasteiger partial charge in [-0.05, 0) is 75.2 Å². The summed E-state index contributed by atoms with van der Waals surface area (Å²) in [4.78, 5) is 12.3. The molecule has 0 unspecified atom stereocenters. The minimum absolute atomic E-state index is 0.00158. The lowest BCUT2D eigenvalue weighted by Crippen LogP contribution is -2.37. The number of rotatable bonds is 8. The molecule has 0 atom stereocenters. The molecule has 1 amide bonds. The zero-order chi connectivity index (χ0) is 20.9. The summed E-state index contributed by atoms with van der Waals surface area (Å²) >= 11 is 0. The summed E-state index contributed by atoms with van der Waals surface area (Å²) in [7, 11) is -2.27. The van der Waals surface area contributed by atoms with Gasteiger partial charge in [0.05, 0.1) is 17.7 Å². The Balaban J connectivity index is 2.40. The molecule has 0 saturated heterocycles. The van der Waals surface area contributed by atoms with Crippen LogP contribution in [0.1, 0.15) is 31.4 Å². The van der Waals surface area contributed by atoms with Crippen LogP contribution in [0.25, 0.3) is 0 Å². The van der Waals surface area contributed by atoms with Gasteiger partial charge in [0.15, 0.2) is 0 Å². The highest BCUT2D eigenvalue weighted by Crippen LogP contribution is 2.27. The third-order valence-electron chi connectivity index (χ3n) is 4.42. The van der Waals surface area contributed by atoms with E-state index in [1.807, 2.05) is 27.7 Å². The fourth-order valence-electron chi connectivity index (χ4n) is 2.74. The van der Waals surface area contributed by atoms with Crippen molar-refractivity contribution in [2.75, 3.05) is 18.0 Å². The van der Waals surface area contributed by atoms with Crippen LogP contribution >= 0.6 is 0 Å². The Kier molecular flexibility index (Phi) is 7.07. The van der Waals surface area contributed by atoms with Crippen molar-refractivity contribution in [3.63, 3.8) is 0 Å². The quantitative estimate of drug-likeness (QED) is 0.731. The van der Waals surface area contributed by atoms with Gasteiger partial charge in [-0.25, -0.2) is 8.42 Å². The minimum Gasteiger partial charge on any atom is -0.497 e. The standard InChI is InChI=1S/C21H28N2O4S/c1-15(2)22-21(24)12-13-23(18-7-9-19(27-5)10-8-18)28(25,26)20-11-6-16(3)17(4)14-20/h6-11,14-15H,12-13H2,1-5H3,(H,22,24). The molecular weight excluding hydrogens is 376 g/mol. The van der Waals surface area contributed by atoms with Crippen molar-refractivity contribution < 1.29 is 17.9 Å². The molecule has 0 radical (unpaired) electrons. The van der Waals surface area contributed by atoms with Gasteiger partial charge in [-0.2, -0.15) is 0 Å². The average Bonchev–Trinajstić information content (AvgIpc) is 2.63. The first-order valence-corrected chi connectivity index (χ1v) is 10.6. The number of anilines is 1. The first-order chi connectivity index (χ1) is 13.1. The summed E-state index contributed by atoms with van der Waals surface area (Å²) in [5, 5.41) is 2.80.